The number of carbonyl (C=O) groups excluding carboxylic acids is 1. The molecule has 0 aliphatic carbocycles. The number of halogens is 3. The molecule has 0 unspecified atom stereocenters. The third-order valence-corrected chi connectivity index (χ3v) is 6.27. The lowest BCUT2D eigenvalue weighted by molar-refractivity contribution is -0.138. The summed E-state index contributed by atoms with van der Waals surface area (Å²) in [6, 6.07) is 7.13. The van der Waals surface area contributed by atoms with Gasteiger partial charge in [0.25, 0.3) is 5.91 Å². The molecule has 0 saturated carbocycles. The van der Waals surface area contributed by atoms with Crippen LogP contribution in [0.2, 0.25) is 0 Å². The van der Waals surface area contributed by atoms with Gasteiger partial charge in [-0.25, -0.2) is 15.0 Å². The summed E-state index contributed by atoms with van der Waals surface area (Å²) in [5, 5.41) is 0. The van der Waals surface area contributed by atoms with Crippen molar-refractivity contribution in [3.05, 3.63) is 59.7 Å². The molecule has 3 aromatic rings. The minimum Gasteiger partial charge on any atom is -0.384 e. The smallest absolute Gasteiger partial charge is 0.384 e. The number of hydrogen-bond acceptors (Lipinski definition) is 6. The molecule has 3 heterocycles. The lowest BCUT2D eigenvalue weighted by Crippen LogP contribution is -2.48. The number of pyridine rings is 1. The maximum Gasteiger partial charge on any atom is 0.417 e. The maximum absolute atomic E-state index is 14.2. The number of rotatable bonds is 5. The maximum atomic E-state index is 14.2. The lowest BCUT2D eigenvalue weighted by atomic mass is 9.94. The van der Waals surface area contributed by atoms with Crippen molar-refractivity contribution >= 4 is 11.7 Å². The molecule has 2 N–H and O–H groups in total. The van der Waals surface area contributed by atoms with E-state index in [1.54, 1.807) is 18.3 Å². The van der Waals surface area contributed by atoms with E-state index in [1.807, 2.05) is 13.8 Å². The standard InChI is InChI=1S/C25H27F3N6O/c1-3-20-22(17-6-8-21(29)30-14-17)23(32-15-31-20)16-5-7-18(19(13-16)25(26,27)28)24(35)34-11-9-33(4-2)10-12-34/h5-8,13-15H,3-4,9-12H2,1-2H3,(H2,29,30). The molecule has 7 nitrogen and oxygen atoms in total. The average molecular weight is 485 g/mol. The van der Waals surface area contributed by atoms with Crippen molar-refractivity contribution in [3.63, 3.8) is 0 Å². The molecule has 4 rings (SSSR count). The molecule has 184 valence electrons. The highest BCUT2D eigenvalue weighted by Crippen LogP contribution is 2.38. The van der Waals surface area contributed by atoms with Gasteiger partial charge in [0.1, 0.15) is 12.1 Å². The molecular weight excluding hydrogens is 457 g/mol. The van der Waals surface area contributed by atoms with Crippen LogP contribution in [0, 0.1) is 0 Å². The first-order valence-corrected chi connectivity index (χ1v) is 11.5. The largest absolute Gasteiger partial charge is 0.417 e. The van der Waals surface area contributed by atoms with Gasteiger partial charge in [-0.05, 0) is 37.2 Å². The van der Waals surface area contributed by atoms with E-state index in [9.17, 15) is 18.0 Å². The van der Waals surface area contributed by atoms with Crippen LogP contribution in [0.1, 0.15) is 35.5 Å². The third kappa shape index (κ3) is 5.12. The summed E-state index contributed by atoms with van der Waals surface area (Å²) < 4.78 is 42.5. The molecule has 0 spiro atoms. The number of alkyl halides is 3. The van der Waals surface area contributed by atoms with Gasteiger partial charge in [-0.1, -0.05) is 19.9 Å². The summed E-state index contributed by atoms with van der Waals surface area (Å²) in [7, 11) is 0. The van der Waals surface area contributed by atoms with Gasteiger partial charge in [0, 0.05) is 49.1 Å². The number of benzene rings is 1. The fourth-order valence-electron chi connectivity index (χ4n) is 4.32. The number of aromatic nitrogens is 3. The topological polar surface area (TPSA) is 88.2 Å². The Morgan fingerprint density at radius 3 is 2.31 bits per heavy atom. The van der Waals surface area contributed by atoms with E-state index in [2.05, 4.69) is 19.9 Å². The highest BCUT2D eigenvalue weighted by Gasteiger charge is 2.37. The van der Waals surface area contributed by atoms with Gasteiger partial charge in [0.05, 0.1) is 22.5 Å². The van der Waals surface area contributed by atoms with Gasteiger partial charge in [-0.3, -0.25) is 4.79 Å². The van der Waals surface area contributed by atoms with Crippen molar-refractivity contribution in [2.45, 2.75) is 26.4 Å². The van der Waals surface area contributed by atoms with E-state index in [4.69, 9.17) is 5.73 Å². The molecule has 1 aliphatic rings. The van der Waals surface area contributed by atoms with Crippen LogP contribution in [0.3, 0.4) is 0 Å². The number of piperazine rings is 1. The second-order valence-corrected chi connectivity index (χ2v) is 8.35. The van der Waals surface area contributed by atoms with E-state index >= 15 is 0 Å². The number of carbonyl (C=O) groups is 1. The number of nitrogen functional groups attached to an aromatic ring is 1. The van der Waals surface area contributed by atoms with Crippen LogP contribution in [0.5, 0.6) is 0 Å². The van der Waals surface area contributed by atoms with Crippen molar-refractivity contribution in [1.29, 1.82) is 0 Å². The Hall–Kier alpha value is -3.53. The van der Waals surface area contributed by atoms with Gasteiger partial charge in [-0.15, -0.1) is 0 Å². The first-order valence-electron chi connectivity index (χ1n) is 11.5. The van der Waals surface area contributed by atoms with Crippen LogP contribution in [0.15, 0.2) is 42.9 Å². The van der Waals surface area contributed by atoms with Gasteiger partial charge in [0.15, 0.2) is 0 Å². The fraction of sp³-hybridized carbons (Fsp3) is 0.360. The summed E-state index contributed by atoms with van der Waals surface area (Å²) in [4.78, 5) is 29.5. The first kappa shape index (κ1) is 24.6. The zero-order chi connectivity index (χ0) is 25.2. The first-order chi connectivity index (χ1) is 16.7. The molecule has 0 bridgehead atoms. The van der Waals surface area contributed by atoms with Crippen molar-refractivity contribution < 1.29 is 18.0 Å². The summed E-state index contributed by atoms with van der Waals surface area (Å²) >= 11 is 0. The molecule has 0 atom stereocenters. The van der Waals surface area contributed by atoms with Crippen LogP contribution in [0.4, 0.5) is 19.0 Å². The lowest BCUT2D eigenvalue weighted by Gasteiger charge is -2.34. The van der Waals surface area contributed by atoms with E-state index < -0.39 is 17.6 Å². The number of likely N-dealkylation sites (N-methyl/N-ethyl adjacent to an activating group) is 1. The Bertz CT molecular complexity index is 1200. The molecule has 0 radical (unpaired) electrons. The Labute approximate surface area is 201 Å². The van der Waals surface area contributed by atoms with Gasteiger partial charge < -0.3 is 15.5 Å². The van der Waals surface area contributed by atoms with Crippen LogP contribution in [0.25, 0.3) is 22.4 Å². The Kier molecular flexibility index (Phi) is 7.02. The highest BCUT2D eigenvalue weighted by atomic mass is 19.4. The van der Waals surface area contributed by atoms with Gasteiger partial charge in [-0.2, -0.15) is 13.2 Å². The van der Waals surface area contributed by atoms with Crippen LogP contribution in [-0.2, 0) is 12.6 Å². The molecule has 1 aliphatic heterocycles. The van der Waals surface area contributed by atoms with Crippen molar-refractivity contribution in [1.82, 2.24) is 24.8 Å². The zero-order valence-corrected chi connectivity index (χ0v) is 19.6. The third-order valence-electron chi connectivity index (χ3n) is 6.27. The quantitative estimate of drug-likeness (QED) is 0.586. The number of nitrogens with zero attached hydrogens (tertiary/aromatic N) is 5. The number of amides is 1. The summed E-state index contributed by atoms with van der Waals surface area (Å²) in [5.41, 5.74) is 6.87. The summed E-state index contributed by atoms with van der Waals surface area (Å²) in [6.45, 7) is 6.83. The molecular formula is C25H27F3N6O. The second-order valence-electron chi connectivity index (χ2n) is 8.35. The number of anilines is 1. The molecule has 1 aromatic carbocycles. The molecule has 1 amide bonds. The van der Waals surface area contributed by atoms with Gasteiger partial charge in [0.2, 0.25) is 0 Å². The van der Waals surface area contributed by atoms with Crippen molar-refractivity contribution in [2.24, 2.45) is 0 Å². The van der Waals surface area contributed by atoms with Crippen molar-refractivity contribution in [3.8, 4) is 22.4 Å². The Morgan fingerprint density at radius 1 is 1.00 bits per heavy atom. The Morgan fingerprint density at radius 2 is 1.71 bits per heavy atom. The summed E-state index contributed by atoms with van der Waals surface area (Å²) in [6.07, 6.45) is -1.28. The minimum absolute atomic E-state index is 0.244. The van der Waals surface area contributed by atoms with Gasteiger partial charge >= 0.3 is 6.18 Å². The van der Waals surface area contributed by atoms with E-state index in [1.165, 1.54) is 23.4 Å². The molecule has 2 aromatic heterocycles. The SMILES string of the molecule is CCc1ncnc(-c2ccc(C(=O)N3CCN(CC)CC3)c(C(F)(F)F)c2)c1-c1ccc(N)nc1. The fourth-order valence-corrected chi connectivity index (χ4v) is 4.32. The molecule has 1 fully saturated rings. The van der Waals surface area contributed by atoms with Crippen LogP contribution >= 0.6 is 0 Å². The summed E-state index contributed by atoms with van der Waals surface area (Å²) in [5.74, 6) is -0.285. The molecule has 1 saturated heterocycles. The van der Waals surface area contributed by atoms with E-state index in [0.29, 0.717) is 60.9 Å². The molecule has 35 heavy (non-hydrogen) atoms. The number of hydrogen-bond donors (Lipinski definition) is 1. The van der Waals surface area contributed by atoms with E-state index in [-0.39, 0.29) is 11.1 Å². The highest BCUT2D eigenvalue weighted by molar-refractivity contribution is 5.97. The number of aryl methyl sites for hydroxylation is 1. The predicted molar refractivity (Wildman–Crippen MR) is 128 cm³/mol. The predicted octanol–water partition coefficient (Wildman–Crippen LogP) is 4.15. The van der Waals surface area contributed by atoms with Crippen molar-refractivity contribution in [2.75, 3.05) is 38.5 Å². The second kappa shape index (κ2) is 9.99. The van der Waals surface area contributed by atoms with Crippen LogP contribution < -0.4 is 5.73 Å². The minimum atomic E-state index is -4.71. The normalized spacial score (nSPS) is 14.8. The number of nitrogens with two attached hydrogens (primary N) is 1. The van der Waals surface area contributed by atoms with Crippen LogP contribution in [-0.4, -0.2) is 63.4 Å². The average Bonchev–Trinajstić information content (AvgIpc) is 2.87. The molecule has 10 heteroatoms. The Balaban J connectivity index is 1.79. The monoisotopic (exact) mass is 484 g/mol. The van der Waals surface area contributed by atoms with E-state index in [0.717, 1.165) is 12.6 Å². The zero-order valence-electron chi connectivity index (χ0n) is 19.6.